The molecule has 0 radical (unpaired) electrons. The first-order chi connectivity index (χ1) is 14.3. The van der Waals surface area contributed by atoms with E-state index in [4.69, 9.17) is 11.0 Å². The average Bonchev–Trinajstić information content (AvgIpc) is 3.26. The lowest BCUT2D eigenvalue weighted by atomic mass is 10.0. The molecule has 1 aromatic carbocycles. The number of aliphatic hydroxyl groups is 1. The summed E-state index contributed by atoms with van der Waals surface area (Å²) in [5.74, 6) is 4.37. The van der Waals surface area contributed by atoms with Crippen molar-refractivity contribution in [1.29, 1.82) is 5.26 Å². The first-order valence-electron chi connectivity index (χ1n) is 9.02. The molecule has 1 fully saturated rings. The Balaban J connectivity index is 1.80. The SMILES string of the molecule is CN1CCC(O)(C#Cc2cccc(-n3nc(C(N)=O)c4cnc(C#N)cc43)c2)C1=O. The molecule has 3 heterocycles. The molecule has 1 aliphatic heterocycles. The molecule has 3 aromatic rings. The lowest BCUT2D eigenvalue weighted by Crippen LogP contribution is -2.37. The van der Waals surface area contributed by atoms with Gasteiger partial charge in [0.1, 0.15) is 11.8 Å². The number of hydrogen-bond acceptors (Lipinski definition) is 6. The van der Waals surface area contributed by atoms with Crippen LogP contribution in [0.1, 0.15) is 28.2 Å². The number of fused-ring (bicyclic) bond motifs is 1. The summed E-state index contributed by atoms with van der Waals surface area (Å²) < 4.78 is 1.48. The van der Waals surface area contributed by atoms with Crippen LogP contribution in [-0.4, -0.2) is 55.8 Å². The molecule has 1 atom stereocenters. The molecule has 0 saturated carbocycles. The number of rotatable bonds is 2. The zero-order chi connectivity index (χ0) is 21.5. The number of carbonyl (C=O) groups is 2. The Labute approximate surface area is 171 Å². The summed E-state index contributed by atoms with van der Waals surface area (Å²) >= 11 is 0. The van der Waals surface area contributed by atoms with Crippen molar-refractivity contribution in [3.05, 3.63) is 53.5 Å². The average molecular weight is 400 g/mol. The van der Waals surface area contributed by atoms with E-state index < -0.39 is 17.4 Å². The van der Waals surface area contributed by atoms with Gasteiger partial charge in [-0.05, 0) is 18.2 Å². The van der Waals surface area contributed by atoms with E-state index in [1.807, 2.05) is 6.07 Å². The zero-order valence-corrected chi connectivity index (χ0v) is 16.0. The van der Waals surface area contributed by atoms with Crippen LogP contribution >= 0.6 is 0 Å². The second kappa shape index (κ2) is 6.99. The Hall–Kier alpha value is -4.21. The first-order valence-corrected chi connectivity index (χ1v) is 9.02. The predicted octanol–water partition coefficient (Wildman–Crippen LogP) is 0.336. The fraction of sp³-hybridized carbons (Fsp3) is 0.190. The molecular formula is C21H16N6O3. The number of carbonyl (C=O) groups excluding carboxylic acids is 2. The van der Waals surface area contributed by atoms with Crippen molar-refractivity contribution >= 4 is 22.7 Å². The van der Waals surface area contributed by atoms with E-state index in [0.29, 0.717) is 28.7 Å². The van der Waals surface area contributed by atoms with Crippen LogP contribution in [0.4, 0.5) is 0 Å². The summed E-state index contributed by atoms with van der Waals surface area (Å²) in [6.45, 7) is 0.439. The Morgan fingerprint density at radius 3 is 2.83 bits per heavy atom. The summed E-state index contributed by atoms with van der Waals surface area (Å²) in [4.78, 5) is 29.3. The molecule has 3 N–H and O–H groups in total. The number of pyridine rings is 1. The Kier molecular flexibility index (Phi) is 4.46. The smallest absolute Gasteiger partial charge is 0.269 e. The zero-order valence-electron chi connectivity index (χ0n) is 16.0. The number of primary amides is 1. The number of aromatic nitrogens is 3. The van der Waals surface area contributed by atoms with E-state index >= 15 is 0 Å². The highest BCUT2D eigenvalue weighted by atomic mass is 16.3. The van der Waals surface area contributed by atoms with E-state index in [2.05, 4.69) is 21.9 Å². The van der Waals surface area contributed by atoms with Crippen molar-refractivity contribution in [2.24, 2.45) is 5.73 Å². The van der Waals surface area contributed by atoms with Crippen LogP contribution in [0.2, 0.25) is 0 Å². The minimum atomic E-state index is -1.70. The van der Waals surface area contributed by atoms with Crippen LogP contribution in [0, 0.1) is 23.2 Å². The summed E-state index contributed by atoms with van der Waals surface area (Å²) in [7, 11) is 1.62. The lowest BCUT2D eigenvalue weighted by molar-refractivity contribution is -0.137. The standard InChI is InChI=1S/C21H16N6O3/c1-26-8-7-21(30,20(26)29)6-5-13-3-2-4-15(9-13)27-17-10-14(11-22)24-12-16(17)18(25-27)19(23)28/h2-4,9-10,12,30H,7-8H2,1H3,(H2,23,28). The maximum atomic E-state index is 12.1. The fourth-order valence-electron chi connectivity index (χ4n) is 3.31. The van der Waals surface area contributed by atoms with Gasteiger partial charge in [-0.3, -0.25) is 9.59 Å². The summed E-state index contributed by atoms with van der Waals surface area (Å²) in [5, 5.41) is 24.3. The van der Waals surface area contributed by atoms with Gasteiger partial charge in [0.25, 0.3) is 11.8 Å². The summed E-state index contributed by atoms with van der Waals surface area (Å²) in [6, 6.07) is 10.4. The van der Waals surface area contributed by atoms with Crippen molar-refractivity contribution in [3.8, 4) is 23.6 Å². The number of likely N-dealkylation sites (tertiary alicyclic amines) is 1. The van der Waals surface area contributed by atoms with Gasteiger partial charge in [-0.15, -0.1) is 0 Å². The van der Waals surface area contributed by atoms with E-state index in [-0.39, 0.29) is 17.8 Å². The lowest BCUT2D eigenvalue weighted by Gasteiger charge is -2.13. The second-order valence-electron chi connectivity index (χ2n) is 6.96. The Morgan fingerprint density at radius 1 is 1.37 bits per heavy atom. The van der Waals surface area contributed by atoms with Gasteiger partial charge in [-0.25, -0.2) is 9.67 Å². The third-order valence-electron chi connectivity index (χ3n) is 4.93. The third kappa shape index (κ3) is 3.13. The van der Waals surface area contributed by atoms with Crippen LogP contribution in [0.25, 0.3) is 16.6 Å². The summed E-state index contributed by atoms with van der Waals surface area (Å²) in [6.07, 6.45) is 1.63. The van der Waals surface area contributed by atoms with Crippen LogP contribution in [0.15, 0.2) is 36.5 Å². The number of nitrogens with two attached hydrogens (primary N) is 1. The molecule has 9 heteroatoms. The molecule has 30 heavy (non-hydrogen) atoms. The molecule has 4 rings (SSSR count). The van der Waals surface area contributed by atoms with E-state index in [9.17, 15) is 14.7 Å². The minimum Gasteiger partial charge on any atom is -0.369 e. The van der Waals surface area contributed by atoms with Gasteiger partial charge in [-0.2, -0.15) is 10.4 Å². The first kappa shape index (κ1) is 19.1. The maximum absolute atomic E-state index is 12.1. The molecule has 0 aliphatic carbocycles. The van der Waals surface area contributed by atoms with Crippen LogP contribution in [0.5, 0.6) is 0 Å². The van der Waals surface area contributed by atoms with Gasteiger partial charge in [0.05, 0.1) is 16.6 Å². The van der Waals surface area contributed by atoms with E-state index in [1.165, 1.54) is 21.8 Å². The molecule has 9 nitrogen and oxygen atoms in total. The third-order valence-corrected chi connectivity index (χ3v) is 4.93. The number of nitriles is 1. The maximum Gasteiger partial charge on any atom is 0.269 e. The Morgan fingerprint density at radius 2 is 2.17 bits per heavy atom. The van der Waals surface area contributed by atoms with Crippen molar-refractivity contribution in [2.75, 3.05) is 13.6 Å². The van der Waals surface area contributed by atoms with Gasteiger partial charge in [0.2, 0.25) is 5.60 Å². The fourth-order valence-corrected chi connectivity index (χ4v) is 3.31. The summed E-state index contributed by atoms with van der Waals surface area (Å²) in [5.41, 5.74) is 5.54. The van der Waals surface area contributed by atoms with Crippen molar-refractivity contribution in [1.82, 2.24) is 19.7 Å². The van der Waals surface area contributed by atoms with Gasteiger partial charge in [-0.1, -0.05) is 17.9 Å². The molecule has 1 saturated heterocycles. The van der Waals surface area contributed by atoms with Crippen molar-refractivity contribution in [2.45, 2.75) is 12.0 Å². The highest BCUT2D eigenvalue weighted by Crippen LogP contribution is 2.23. The number of hydrogen-bond donors (Lipinski definition) is 2. The van der Waals surface area contributed by atoms with Crippen LogP contribution in [-0.2, 0) is 4.79 Å². The van der Waals surface area contributed by atoms with E-state index in [0.717, 1.165) is 0 Å². The molecule has 1 unspecified atom stereocenters. The monoisotopic (exact) mass is 400 g/mol. The minimum absolute atomic E-state index is 0.0346. The van der Waals surface area contributed by atoms with Gasteiger partial charge >= 0.3 is 0 Å². The molecule has 0 spiro atoms. The molecule has 2 aromatic heterocycles. The number of likely N-dealkylation sites (N-methyl/N-ethyl adjacent to an activating group) is 1. The Bertz CT molecular complexity index is 1310. The quantitative estimate of drug-likeness (QED) is 0.595. The van der Waals surface area contributed by atoms with Crippen molar-refractivity contribution in [3.63, 3.8) is 0 Å². The molecule has 148 valence electrons. The van der Waals surface area contributed by atoms with Gasteiger partial charge in [0.15, 0.2) is 5.69 Å². The van der Waals surface area contributed by atoms with Gasteiger partial charge < -0.3 is 15.7 Å². The van der Waals surface area contributed by atoms with Crippen LogP contribution in [0.3, 0.4) is 0 Å². The molecule has 2 amide bonds. The molecule has 1 aliphatic rings. The predicted molar refractivity (Wildman–Crippen MR) is 106 cm³/mol. The number of nitrogens with zero attached hydrogens (tertiary/aromatic N) is 5. The largest absolute Gasteiger partial charge is 0.369 e. The van der Waals surface area contributed by atoms with Crippen LogP contribution < -0.4 is 5.73 Å². The topological polar surface area (TPSA) is 138 Å². The highest BCUT2D eigenvalue weighted by Gasteiger charge is 2.42. The second-order valence-corrected chi connectivity index (χ2v) is 6.96. The van der Waals surface area contributed by atoms with Gasteiger partial charge in [0, 0.05) is 37.8 Å². The molecular weight excluding hydrogens is 384 g/mol. The number of benzene rings is 1. The highest BCUT2D eigenvalue weighted by molar-refractivity contribution is 6.04. The normalized spacial score (nSPS) is 18.2. The number of amides is 2. The van der Waals surface area contributed by atoms with E-state index in [1.54, 1.807) is 31.3 Å². The molecule has 0 bridgehead atoms. The van der Waals surface area contributed by atoms with Crippen molar-refractivity contribution < 1.29 is 14.7 Å².